The molecule has 1 amide bonds. The minimum Gasteiger partial charge on any atom is -0.320 e. The summed E-state index contributed by atoms with van der Waals surface area (Å²) in [6.45, 7) is 1.69. The molecule has 0 saturated heterocycles. The maximum Gasteiger partial charge on any atom is 0.260 e. The molecule has 11 heteroatoms. The Bertz CT molecular complexity index is 1240. The van der Waals surface area contributed by atoms with Gasteiger partial charge in [0.05, 0.1) is 39.6 Å². The lowest BCUT2D eigenvalue weighted by Gasteiger charge is -2.13. The lowest BCUT2D eigenvalue weighted by Crippen LogP contribution is -2.20. The highest BCUT2D eigenvalue weighted by atomic mass is 35.5. The molecule has 158 valence electrons. The maximum atomic E-state index is 14.9. The van der Waals surface area contributed by atoms with E-state index < -0.39 is 27.3 Å². The summed E-state index contributed by atoms with van der Waals surface area (Å²) in [6, 6.07) is 4.17. The van der Waals surface area contributed by atoms with Gasteiger partial charge in [-0.25, -0.2) is 17.8 Å². The van der Waals surface area contributed by atoms with Crippen molar-refractivity contribution in [2.75, 3.05) is 15.8 Å². The average molecular weight is 452 g/mol. The molecular formula is C19H19ClFN5O3S. The smallest absolute Gasteiger partial charge is 0.260 e. The lowest BCUT2D eigenvalue weighted by atomic mass is 10.1. The number of sulfonamides is 1. The number of carbonyl (C=O) groups is 1. The van der Waals surface area contributed by atoms with E-state index in [4.69, 9.17) is 11.6 Å². The number of pyridine rings is 1. The number of fused-ring (bicyclic) bond motifs is 1. The van der Waals surface area contributed by atoms with Crippen molar-refractivity contribution in [2.45, 2.75) is 32.1 Å². The Hall–Kier alpha value is -2.72. The summed E-state index contributed by atoms with van der Waals surface area (Å²) in [7, 11) is -3.73. The number of aromatic amines is 1. The van der Waals surface area contributed by atoms with Gasteiger partial charge in [-0.15, -0.1) is 0 Å². The van der Waals surface area contributed by atoms with E-state index in [9.17, 15) is 17.6 Å². The van der Waals surface area contributed by atoms with E-state index in [0.717, 1.165) is 23.9 Å². The number of halogens is 2. The Morgan fingerprint density at radius 3 is 2.83 bits per heavy atom. The fourth-order valence-electron chi connectivity index (χ4n) is 3.18. The average Bonchev–Trinajstić information content (AvgIpc) is 3.43. The number of hydrogen-bond acceptors (Lipinski definition) is 5. The molecule has 8 nitrogen and oxygen atoms in total. The number of benzene rings is 1. The molecule has 0 aliphatic heterocycles. The van der Waals surface area contributed by atoms with Gasteiger partial charge in [-0.3, -0.25) is 14.6 Å². The third-order valence-electron chi connectivity index (χ3n) is 4.72. The number of H-pyrrole nitrogens is 1. The largest absolute Gasteiger partial charge is 0.320 e. The Balaban J connectivity index is 1.62. The first-order chi connectivity index (χ1) is 14.3. The SMILES string of the molecule is CCCS(=O)(=O)Nc1ccc(Cl)c(C(=O)Nc2cnc3[nH]nc(C4CC4)c3c2)c1F. The van der Waals surface area contributed by atoms with E-state index in [-0.39, 0.29) is 16.5 Å². The van der Waals surface area contributed by atoms with Crippen LogP contribution in [0.25, 0.3) is 11.0 Å². The van der Waals surface area contributed by atoms with Gasteiger partial charge < -0.3 is 5.32 Å². The second kappa shape index (κ2) is 7.84. The summed E-state index contributed by atoms with van der Waals surface area (Å²) in [6.07, 6.45) is 3.90. The van der Waals surface area contributed by atoms with Crippen LogP contribution in [0.3, 0.4) is 0 Å². The summed E-state index contributed by atoms with van der Waals surface area (Å²) in [5.41, 5.74) is 1.06. The number of rotatable bonds is 7. The van der Waals surface area contributed by atoms with Crippen LogP contribution >= 0.6 is 11.6 Å². The fourth-order valence-corrected chi connectivity index (χ4v) is 4.54. The van der Waals surface area contributed by atoms with Crippen molar-refractivity contribution in [2.24, 2.45) is 0 Å². The Kier molecular flexibility index (Phi) is 5.37. The van der Waals surface area contributed by atoms with Crippen LogP contribution in [-0.4, -0.2) is 35.3 Å². The molecule has 0 spiro atoms. The second-order valence-corrected chi connectivity index (χ2v) is 9.41. The van der Waals surface area contributed by atoms with E-state index in [1.54, 1.807) is 13.0 Å². The maximum absolute atomic E-state index is 14.9. The van der Waals surface area contributed by atoms with Crippen molar-refractivity contribution < 1.29 is 17.6 Å². The quantitative estimate of drug-likeness (QED) is 0.501. The summed E-state index contributed by atoms with van der Waals surface area (Å²) in [5.74, 6) is -1.65. The summed E-state index contributed by atoms with van der Waals surface area (Å²) in [5, 5.41) is 10.4. The van der Waals surface area contributed by atoms with Crippen molar-refractivity contribution in [1.82, 2.24) is 15.2 Å². The summed E-state index contributed by atoms with van der Waals surface area (Å²) >= 11 is 6.04. The zero-order chi connectivity index (χ0) is 21.5. The Morgan fingerprint density at radius 2 is 2.13 bits per heavy atom. The number of nitrogens with one attached hydrogen (secondary N) is 3. The third kappa shape index (κ3) is 4.10. The van der Waals surface area contributed by atoms with Crippen LogP contribution < -0.4 is 10.0 Å². The molecule has 0 radical (unpaired) electrons. The van der Waals surface area contributed by atoms with E-state index in [0.29, 0.717) is 23.7 Å². The highest BCUT2D eigenvalue weighted by molar-refractivity contribution is 7.92. The van der Waals surface area contributed by atoms with Crippen molar-refractivity contribution >= 4 is 49.9 Å². The molecule has 30 heavy (non-hydrogen) atoms. The van der Waals surface area contributed by atoms with Crippen molar-refractivity contribution in [3.8, 4) is 0 Å². The number of amides is 1. The van der Waals surface area contributed by atoms with Crippen molar-refractivity contribution in [1.29, 1.82) is 0 Å². The molecule has 1 saturated carbocycles. The number of anilines is 2. The van der Waals surface area contributed by atoms with Gasteiger partial charge in [0.15, 0.2) is 11.5 Å². The first-order valence-corrected chi connectivity index (χ1v) is 11.5. The van der Waals surface area contributed by atoms with Crippen LogP contribution in [0.15, 0.2) is 24.4 Å². The molecule has 3 N–H and O–H groups in total. The van der Waals surface area contributed by atoms with Crippen LogP contribution in [0.4, 0.5) is 15.8 Å². The molecule has 2 heterocycles. The highest BCUT2D eigenvalue weighted by Crippen LogP contribution is 2.42. The van der Waals surface area contributed by atoms with Crippen molar-refractivity contribution in [3.05, 3.63) is 46.5 Å². The van der Waals surface area contributed by atoms with Crippen LogP contribution in [0, 0.1) is 5.82 Å². The molecule has 0 bridgehead atoms. The van der Waals surface area contributed by atoms with E-state index >= 15 is 0 Å². The van der Waals surface area contributed by atoms with Crippen LogP contribution in [0.1, 0.15) is 48.2 Å². The first kappa shape index (κ1) is 20.5. The molecule has 0 unspecified atom stereocenters. The number of hydrogen-bond donors (Lipinski definition) is 3. The zero-order valence-corrected chi connectivity index (χ0v) is 17.6. The molecular weight excluding hydrogens is 433 g/mol. The number of carbonyl (C=O) groups excluding carboxylic acids is 1. The van der Waals surface area contributed by atoms with E-state index in [1.165, 1.54) is 18.3 Å². The van der Waals surface area contributed by atoms with Gasteiger partial charge in [-0.2, -0.15) is 5.10 Å². The summed E-state index contributed by atoms with van der Waals surface area (Å²) in [4.78, 5) is 17.0. The van der Waals surface area contributed by atoms with Gasteiger partial charge in [0, 0.05) is 11.3 Å². The van der Waals surface area contributed by atoms with Crippen LogP contribution in [0.5, 0.6) is 0 Å². The number of nitrogens with zero attached hydrogens (tertiary/aromatic N) is 2. The van der Waals surface area contributed by atoms with Gasteiger partial charge in [0.1, 0.15) is 0 Å². The molecule has 3 aromatic rings. The first-order valence-electron chi connectivity index (χ1n) is 9.43. The van der Waals surface area contributed by atoms with Gasteiger partial charge in [0.25, 0.3) is 5.91 Å². The number of aromatic nitrogens is 3. The zero-order valence-electron chi connectivity index (χ0n) is 16.0. The van der Waals surface area contributed by atoms with E-state index in [1.807, 2.05) is 0 Å². The fraction of sp³-hybridized carbons (Fsp3) is 0.316. The van der Waals surface area contributed by atoms with Crippen LogP contribution in [0.2, 0.25) is 5.02 Å². The Morgan fingerprint density at radius 1 is 1.37 bits per heavy atom. The van der Waals surface area contributed by atoms with Gasteiger partial charge in [-0.05, 0) is 37.5 Å². The minimum atomic E-state index is -3.73. The molecule has 4 rings (SSSR count). The Labute approximate surface area is 177 Å². The topological polar surface area (TPSA) is 117 Å². The molecule has 1 aliphatic rings. The lowest BCUT2D eigenvalue weighted by molar-refractivity contribution is 0.102. The normalized spacial score (nSPS) is 14.1. The standard InChI is InChI=1S/C19H19ClFN5O3S/c1-2-7-30(28,29)26-14-6-5-13(20)15(16(14)21)19(27)23-11-8-12-17(10-3-4-10)24-25-18(12)22-9-11/h5-6,8-10,26H,2-4,7H2,1H3,(H,23,27)(H,22,24,25). The molecule has 1 aliphatic carbocycles. The van der Waals surface area contributed by atoms with Gasteiger partial charge in [0.2, 0.25) is 10.0 Å². The van der Waals surface area contributed by atoms with E-state index in [2.05, 4.69) is 25.2 Å². The minimum absolute atomic E-state index is 0.139. The van der Waals surface area contributed by atoms with Crippen molar-refractivity contribution in [3.63, 3.8) is 0 Å². The molecule has 1 fully saturated rings. The highest BCUT2D eigenvalue weighted by Gasteiger charge is 2.28. The van der Waals surface area contributed by atoms with Gasteiger partial charge >= 0.3 is 0 Å². The predicted molar refractivity (Wildman–Crippen MR) is 113 cm³/mol. The monoisotopic (exact) mass is 451 g/mol. The van der Waals surface area contributed by atoms with Crippen LogP contribution in [-0.2, 0) is 10.0 Å². The molecule has 0 atom stereocenters. The summed E-state index contributed by atoms with van der Waals surface area (Å²) < 4.78 is 41.0. The third-order valence-corrected chi connectivity index (χ3v) is 6.52. The molecule has 1 aromatic carbocycles. The predicted octanol–water partition coefficient (Wildman–Crippen LogP) is 4.03. The van der Waals surface area contributed by atoms with Gasteiger partial charge in [-0.1, -0.05) is 18.5 Å². The second-order valence-electron chi connectivity index (χ2n) is 7.16. The molecule has 2 aromatic heterocycles.